The molecule has 0 saturated carbocycles. The average Bonchev–Trinajstić information content (AvgIpc) is 2.75. The number of unbranched alkanes of at least 4 members (excludes halogenated alkanes) is 1. The predicted molar refractivity (Wildman–Crippen MR) is 125 cm³/mol. The Kier molecular flexibility index (Phi) is 13.7. The van der Waals surface area contributed by atoms with Crippen molar-refractivity contribution in [3.05, 3.63) is 23.8 Å². The van der Waals surface area contributed by atoms with Crippen LogP contribution in [0.4, 0.5) is 0 Å². The minimum Gasteiger partial charge on any atom is -0.508 e. The summed E-state index contributed by atoms with van der Waals surface area (Å²) in [5.41, 5.74) is 16.6. The maximum atomic E-state index is 12.8. The Bertz CT molecular complexity index is 761. The van der Waals surface area contributed by atoms with Gasteiger partial charge in [0.2, 0.25) is 17.7 Å². The highest BCUT2D eigenvalue weighted by molar-refractivity contribution is 6.00. The van der Waals surface area contributed by atoms with Gasteiger partial charge in [-0.2, -0.15) is 0 Å². The van der Waals surface area contributed by atoms with Gasteiger partial charge in [-0.05, 0) is 64.5 Å². The van der Waals surface area contributed by atoms with Crippen LogP contribution in [0.1, 0.15) is 37.7 Å². The molecule has 11 heteroatoms. The van der Waals surface area contributed by atoms with E-state index in [-0.39, 0.29) is 36.4 Å². The first-order chi connectivity index (χ1) is 15.8. The van der Waals surface area contributed by atoms with Gasteiger partial charge in [-0.3, -0.25) is 19.3 Å². The molecule has 1 rings (SSSR count). The Morgan fingerprint density at radius 3 is 2.15 bits per heavy atom. The zero-order valence-corrected chi connectivity index (χ0v) is 19.1. The number of rotatable bonds is 17. The molecule has 0 radical (unpaired) electrons. The molecule has 10 N–H and O–H groups in total. The number of nitrogens with two attached hydrogens (primary N) is 3. The second-order valence-electron chi connectivity index (χ2n) is 7.85. The van der Waals surface area contributed by atoms with Crippen LogP contribution in [-0.2, 0) is 20.8 Å². The summed E-state index contributed by atoms with van der Waals surface area (Å²) < 4.78 is 0. The quantitative estimate of drug-likeness (QED) is 0.139. The summed E-state index contributed by atoms with van der Waals surface area (Å²) in [6, 6.07) is 2.64. The third-order valence-electron chi connectivity index (χ3n) is 4.97. The standard InChI is InChI=1S/C22H38N6O5/c23-7-3-10-26-8-1-2-9-27-11-4-12-28(22(33)18(24)15-20(25)31)21(32)13-16-5-6-17(29)14-19(16)30/h5-6,14,18,26-27,29-30H,1-4,7-13,15,23-24H2,(H2,25,31)/t18-/m0/s1. The number of carbonyl (C=O) groups is 3. The lowest BCUT2D eigenvalue weighted by Crippen LogP contribution is -2.49. The summed E-state index contributed by atoms with van der Waals surface area (Å²) in [6.07, 6.45) is 2.84. The van der Waals surface area contributed by atoms with Crippen molar-refractivity contribution in [3.8, 4) is 11.5 Å². The lowest BCUT2D eigenvalue weighted by molar-refractivity contribution is -0.146. The number of phenolic OH excluding ortho intramolecular Hbond substituents is 2. The molecule has 0 aliphatic heterocycles. The van der Waals surface area contributed by atoms with E-state index >= 15 is 0 Å². The zero-order chi connectivity index (χ0) is 24.6. The largest absolute Gasteiger partial charge is 0.508 e. The fourth-order valence-electron chi connectivity index (χ4n) is 3.16. The van der Waals surface area contributed by atoms with E-state index in [0.29, 0.717) is 19.5 Å². The van der Waals surface area contributed by atoms with E-state index in [0.717, 1.165) is 49.9 Å². The maximum Gasteiger partial charge on any atom is 0.246 e. The Hall–Kier alpha value is -2.73. The van der Waals surface area contributed by atoms with Crippen molar-refractivity contribution < 1.29 is 24.6 Å². The minimum absolute atomic E-state index is 0.108. The van der Waals surface area contributed by atoms with Crippen molar-refractivity contribution in [2.24, 2.45) is 17.2 Å². The molecule has 11 nitrogen and oxygen atoms in total. The number of phenols is 2. The number of hydrogen-bond acceptors (Lipinski definition) is 9. The van der Waals surface area contributed by atoms with E-state index in [2.05, 4.69) is 10.6 Å². The van der Waals surface area contributed by atoms with Gasteiger partial charge in [-0.15, -0.1) is 0 Å². The number of primary amides is 1. The van der Waals surface area contributed by atoms with Crippen LogP contribution in [0, 0.1) is 0 Å². The van der Waals surface area contributed by atoms with E-state index < -0.39 is 23.8 Å². The van der Waals surface area contributed by atoms with Crippen molar-refractivity contribution in [2.45, 2.75) is 44.6 Å². The van der Waals surface area contributed by atoms with Gasteiger partial charge in [0.15, 0.2) is 0 Å². The number of nitrogens with zero attached hydrogens (tertiary/aromatic N) is 1. The zero-order valence-electron chi connectivity index (χ0n) is 19.1. The highest BCUT2D eigenvalue weighted by Crippen LogP contribution is 2.23. The van der Waals surface area contributed by atoms with E-state index in [1.807, 2.05) is 0 Å². The van der Waals surface area contributed by atoms with Gasteiger partial charge in [-0.1, -0.05) is 6.07 Å². The van der Waals surface area contributed by atoms with Crippen LogP contribution in [0.3, 0.4) is 0 Å². The summed E-state index contributed by atoms with van der Waals surface area (Å²) in [4.78, 5) is 37.7. The first-order valence-corrected chi connectivity index (χ1v) is 11.3. The molecule has 0 saturated heterocycles. The van der Waals surface area contributed by atoms with Crippen LogP contribution in [0.5, 0.6) is 11.5 Å². The van der Waals surface area contributed by atoms with Crippen LogP contribution in [-0.4, -0.2) is 78.1 Å². The Morgan fingerprint density at radius 1 is 0.970 bits per heavy atom. The summed E-state index contributed by atoms with van der Waals surface area (Å²) in [5, 5.41) is 25.9. The van der Waals surface area contributed by atoms with Gasteiger partial charge in [0.1, 0.15) is 11.5 Å². The normalized spacial score (nSPS) is 11.8. The Morgan fingerprint density at radius 2 is 1.58 bits per heavy atom. The molecule has 186 valence electrons. The summed E-state index contributed by atoms with van der Waals surface area (Å²) >= 11 is 0. The Balaban J connectivity index is 2.55. The Labute approximate surface area is 194 Å². The molecule has 1 aromatic carbocycles. The summed E-state index contributed by atoms with van der Waals surface area (Å²) in [7, 11) is 0. The average molecular weight is 467 g/mol. The molecule has 1 atom stereocenters. The molecule has 0 aliphatic carbocycles. The van der Waals surface area contributed by atoms with Crippen LogP contribution < -0.4 is 27.8 Å². The molecular formula is C22H38N6O5. The molecule has 0 aromatic heterocycles. The third-order valence-corrected chi connectivity index (χ3v) is 4.97. The van der Waals surface area contributed by atoms with Gasteiger partial charge in [0, 0.05) is 18.2 Å². The number of imide groups is 1. The van der Waals surface area contributed by atoms with E-state index in [1.165, 1.54) is 12.1 Å². The van der Waals surface area contributed by atoms with Gasteiger partial charge in [0.05, 0.1) is 18.9 Å². The van der Waals surface area contributed by atoms with E-state index in [9.17, 15) is 24.6 Å². The molecule has 0 fully saturated rings. The van der Waals surface area contributed by atoms with E-state index in [1.54, 1.807) is 0 Å². The second-order valence-corrected chi connectivity index (χ2v) is 7.85. The van der Waals surface area contributed by atoms with Crippen LogP contribution >= 0.6 is 0 Å². The lowest BCUT2D eigenvalue weighted by Gasteiger charge is -2.24. The topological polar surface area (TPSA) is 197 Å². The molecule has 1 aromatic rings. The maximum absolute atomic E-state index is 12.8. The number of amides is 3. The number of nitrogens with one attached hydrogen (secondary N) is 2. The number of aromatic hydroxyl groups is 2. The molecule has 33 heavy (non-hydrogen) atoms. The SMILES string of the molecule is NCCCNCCCCNCCCN(C(=O)Cc1ccc(O)cc1O)C(=O)[C@@H](N)CC(N)=O. The number of carbonyl (C=O) groups excluding carboxylic acids is 3. The summed E-state index contributed by atoms with van der Waals surface area (Å²) in [5.74, 6) is -2.39. The van der Waals surface area contributed by atoms with Crippen molar-refractivity contribution >= 4 is 17.7 Å². The van der Waals surface area contributed by atoms with Crippen LogP contribution in [0.2, 0.25) is 0 Å². The fraction of sp³-hybridized carbons (Fsp3) is 0.591. The van der Waals surface area contributed by atoms with Gasteiger partial charge in [0.25, 0.3) is 0 Å². The smallest absolute Gasteiger partial charge is 0.246 e. The highest BCUT2D eigenvalue weighted by atomic mass is 16.3. The minimum atomic E-state index is -1.22. The van der Waals surface area contributed by atoms with Crippen molar-refractivity contribution in [1.82, 2.24) is 15.5 Å². The molecule has 0 unspecified atom stereocenters. The van der Waals surface area contributed by atoms with Gasteiger partial charge in [-0.25, -0.2) is 0 Å². The third kappa shape index (κ3) is 11.6. The first-order valence-electron chi connectivity index (χ1n) is 11.3. The summed E-state index contributed by atoms with van der Waals surface area (Å²) in [6.45, 7) is 4.04. The molecule has 0 spiro atoms. The molecule has 3 amide bonds. The number of benzene rings is 1. The first kappa shape index (κ1) is 28.3. The molecular weight excluding hydrogens is 428 g/mol. The molecule has 0 bridgehead atoms. The van der Waals surface area contributed by atoms with Gasteiger partial charge < -0.3 is 38.0 Å². The van der Waals surface area contributed by atoms with Crippen molar-refractivity contribution in [3.63, 3.8) is 0 Å². The highest BCUT2D eigenvalue weighted by Gasteiger charge is 2.27. The molecule has 0 aliphatic rings. The van der Waals surface area contributed by atoms with Crippen molar-refractivity contribution in [2.75, 3.05) is 39.3 Å². The monoisotopic (exact) mass is 466 g/mol. The van der Waals surface area contributed by atoms with E-state index in [4.69, 9.17) is 17.2 Å². The molecule has 0 heterocycles. The second kappa shape index (κ2) is 16.0. The van der Waals surface area contributed by atoms with Gasteiger partial charge >= 0.3 is 0 Å². The van der Waals surface area contributed by atoms with Crippen molar-refractivity contribution in [1.29, 1.82) is 0 Å². The fourth-order valence-corrected chi connectivity index (χ4v) is 3.16. The lowest BCUT2D eigenvalue weighted by atomic mass is 10.1. The van der Waals surface area contributed by atoms with Crippen LogP contribution in [0.15, 0.2) is 18.2 Å². The predicted octanol–water partition coefficient (Wildman–Crippen LogP) is -1.10. The number of hydrogen-bond donors (Lipinski definition) is 7. The van der Waals surface area contributed by atoms with Crippen LogP contribution in [0.25, 0.3) is 0 Å².